The van der Waals surface area contributed by atoms with E-state index >= 15 is 0 Å². The average Bonchev–Trinajstić information content (AvgIpc) is 2.59. The zero-order chi connectivity index (χ0) is 21.7. The normalized spacial score (nSPS) is 14.8. The maximum atomic E-state index is 12.0. The van der Waals surface area contributed by atoms with Crippen molar-refractivity contribution >= 4 is 18.0 Å². The highest BCUT2D eigenvalue weighted by Crippen LogP contribution is 2.11. The minimum absolute atomic E-state index is 0.0149. The summed E-state index contributed by atoms with van der Waals surface area (Å²) in [6.07, 6.45) is 0.0937. The molecule has 28 heavy (non-hydrogen) atoms. The molecule has 0 heterocycles. The summed E-state index contributed by atoms with van der Waals surface area (Å²) >= 11 is 0. The zero-order valence-corrected chi connectivity index (χ0v) is 16.5. The van der Waals surface area contributed by atoms with E-state index < -0.39 is 41.8 Å². The average molecular weight is 406 g/mol. The summed E-state index contributed by atoms with van der Waals surface area (Å²) in [6, 6.07) is -2.04. The van der Waals surface area contributed by atoms with Crippen LogP contribution in [0.3, 0.4) is 0 Å². The Morgan fingerprint density at radius 3 is 2.11 bits per heavy atom. The van der Waals surface area contributed by atoms with Crippen LogP contribution in [0.15, 0.2) is 0 Å². The van der Waals surface area contributed by atoms with Gasteiger partial charge in [0.1, 0.15) is 17.7 Å². The van der Waals surface area contributed by atoms with Gasteiger partial charge in [0.25, 0.3) is 0 Å². The second kappa shape index (κ2) is 13.3. The third-order valence-corrected chi connectivity index (χ3v) is 4.04. The zero-order valence-electron chi connectivity index (χ0n) is 16.5. The first-order chi connectivity index (χ1) is 13.0. The van der Waals surface area contributed by atoms with Gasteiger partial charge in [0, 0.05) is 13.1 Å². The van der Waals surface area contributed by atoms with Crippen LogP contribution in [-0.2, 0) is 14.3 Å². The van der Waals surface area contributed by atoms with E-state index in [0.29, 0.717) is 19.4 Å². The van der Waals surface area contributed by atoms with Crippen molar-refractivity contribution < 1.29 is 34.4 Å². The van der Waals surface area contributed by atoms with Gasteiger partial charge in [-0.1, -0.05) is 0 Å². The van der Waals surface area contributed by atoms with Crippen molar-refractivity contribution in [3.8, 4) is 0 Å². The number of unbranched alkanes of at least 4 members (excludes halogenated alkanes) is 1. The van der Waals surface area contributed by atoms with Crippen molar-refractivity contribution in [1.29, 1.82) is 0 Å². The summed E-state index contributed by atoms with van der Waals surface area (Å²) in [5, 5.41) is 33.0. The maximum Gasteiger partial charge on any atom is 0.408 e. The number of aliphatic hydroxyl groups excluding tert-OH is 1. The molecular weight excluding hydrogens is 372 g/mol. The van der Waals surface area contributed by atoms with E-state index in [0.717, 1.165) is 0 Å². The largest absolute Gasteiger partial charge is 0.480 e. The fraction of sp³-hybridized carbons (Fsp3) is 0.824. The Kier molecular flexibility index (Phi) is 12.3. The van der Waals surface area contributed by atoms with Gasteiger partial charge in [-0.15, -0.1) is 0 Å². The standard InChI is InChI=1S/C17H34N4O7/c1-17(2,10-20-12(14(23)24)7-6-11(22)9-19)28-16(27)21-13(15(25)26)5-3-4-8-18/h11-13,20,22H,3-10,18-19H2,1-2H3,(H,21,27)(H,23,24)(H,25,26)/t11?,12-,13-/m0/s1. The molecule has 0 aromatic rings. The highest BCUT2D eigenvalue weighted by atomic mass is 16.6. The molecule has 11 heteroatoms. The number of carbonyl (C=O) groups excluding carboxylic acids is 1. The van der Waals surface area contributed by atoms with Gasteiger partial charge >= 0.3 is 18.0 Å². The van der Waals surface area contributed by atoms with Crippen molar-refractivity contribution in [3.05, 3.63) is 0 Å². The maximum absolute atomic E-state index is 12.0. The fourth-order valence-corrected chi connectivity index (χ4v) is 2.37. The summed E-state index contributed by atoms with van der Waals surface area (Å²) in [5.41, 5.74) is 9.58. The van der Waals surface area contributed by atoms with Gasteiger partial charge < -0.3 is 42.2 Å². The molecule has 0 aliphatic carbocycles. The Morgan fingerprint density at radius 2 is 1.61 bits per heavy atom. The quantitative estimate of drug-likeness (QED) is 0.169. The third kappa shape index (κ3) is 11.7. The predicted molar refractivity (Wildman–Crippen MR) is 102 cm³/mol. The number of alkyl carbamates (subject to hydrolysis) is 1. The predicted octanol–water partition coefficient (Wildman–Crippen LogP) is -0.784. The number of carbonyl (C=O) groups is 3. The molecule has 0 aliphatic heterocycles. The minimum atomic E-state index is -1.17. The molecule has 1 unspecified atom stereocenters. The molecular formula is C17H34N4O7. The molecule has 1 amide bonds. The Labute approximate surface area is 164 Å². The smallest absolute Gasteiger partial charge is 0.408 e. The van der Waals surface area contributed by atoms with Gasteiger partial charge in [0.05, 0.1) is 6.10 Å². The molecule has 0 saturated heterocycles. The Hall–Kier alpha value is -1.95. The van der Waals surface area contributed by atoms with Crippen LogP contribution >= 0.6 is 0 Å². The Morgan fingerprint density at radius 1 is 1.00 bits per heavy atom. The van der Waals surface area contributed by atoms with Crippen LogP contribution in [0.4, 0.5) is 4.79 Å². The molecule has 164 valence electrons. The molecule has 0 aromatic carbocycles. The van der Waals surface area contributed by atoms with Gasteiger partial charge in [-0.05, 0) is 52.5 Å². The first-order valence-corrected chi connectivity index (χ1v) is 9.29. The van der Waals surface area contributed by atoms with Crippen LogP contribution in [0, 0.1) is 0 Å². The Balaban J connectivity index is 4.59. The molecule has 0 spiro atoms. The lowest BCUT2D eigenvalue weighted by Gasteiger charge is -2.28. The van der Waals surface area contributed by atoms with Gasteiger partial charge in [0.2, 0.25) is 0 Å². The third-order valence-electron chi connectivity index (χ3n) is 4.04. The van der Waals surface area contributed by atoms with E-state index in [1.165, 1.54) is 0 Å². The van der Waals surface area contributed by atoms with E-state index in [4.69, 9.17) is 16.2 Å². The number of ether oxygens (including phenoxy) is 1. The first-order valence-electron chi connectivity index (χ1n) is 9.29. The van der Waals surface area contributed by atoms with Crippen LogP contribution in [0.1, 0.15) is 46.0 Å². The van der Waals surface area contributed by atoms with Crippen LogP contribution in [0.25, 0.3) is 0 Å². The topological polar surface area (TPSA) is 197 Å². The van der Waals surface area contributed by atoms with Gasteiger partial charge in [-0.2, -0.15) is 0 Å². The number of aliphatic hydroxyl groups is 1. The Bertz CT molecular complexity index is 502. The van der Waals surface area contributed by atoms with Crippen LogP contribution in [0.2, 0.25) is 0 Å². The first kappa shape index (κ1) is 26.1. The molecule has 0 rings (SSSR count). The number of carboxylic acid groups (broad SMARTS) is 2. The van der Waals surface area contributed by atoms with Crippen molar-refractivity contribution in [1.82, 2.24) is 10.6 Å². The van der Waals surface area contributed by atoms with E-state index in [2.05, 4.69) is 10.6 Å². The lowest BCUT2D eigenvalue weighted by molar-refractivity contribution is -0.141. The molecule has 0 fully saturated rings. The lowest BCUT2D eigenvalue weighted by Crippen LogP contribution is -2.49. The van der Waals surface area contributed by atoms with Gasteiger partial charge in [0.15, 0.2) is 0 Å². The summed E-state index contributed by atoms with van der Waals surface area (Å²) in [4.78, 5) is 34.6. The molecule has 9 N–H and O–H groups in total. The summed E-state index contributed by atoms with van der Waals surface area (Å²) in [6.45, 7) is 3.62. The van der Waals surface area contributed by atoms with Crippen LogP contribution < -0.4 is 22.1 Å². The molecule has 0 radical (unpaired) electrons. The SMILES string of the molecule is CC(C)(CN[C@@H](CCC(O)CN)C(=O)O)OC(=O)N[C@@H](CCCCN)C(=O)O. The molecule has 3 atom stereocenters. The van der Waals surface area contributed by atoms with Crippen molar-refractivity contribution in [2.24, 2.45) is 11.5 Å². The fourth-order valence-electron chi connectivity index (χ4n) is 2.37. The highest BCUT2D eigenvalue weighted by Gasteiger charge is 2.28. The summed E-state index contributed by atoms with van der Waals surface area (Å²) in [5.74, 6) is -2.27. The van der Waals surface area contributed by atoms with Crippen LogP contribution in [0.5, 0.6) is 0 Å². The number of nitrogens with one attached hydrogen (secondary N) is 2. The number of amides is 1. The van der Waals surface area contributed by atoms with Crippen molar-refractivity contribution in [2.45, 2.75) is 69.7 Å². The number of hydrogen-bond acceptors (Lipinski definition) is 8. The number of rotatable bonds is 15. The molecule has 11 nitrogen and oxygen atoms in total. The monoisotopic (exact) mass is 406 g/mol. The highest BCUT2D eigenvalue weighted by molar-refractivity contribution is 5.80. The van der Waals surface area contributed by atoms with Gasteiger partial charge in [-0.25, -0.2) is 9.59 Å². The van der Waals surface area contributed by atoms with Crippen LogP contribution in [-0.4, -0.2) is 76.8 Å². The second-order valence-corrected chi connectivity index (χ2v) is 7.21. The number of aliphatic carboxylic acids is 2. The van der Waals surface area contributed by atoms with E-state index in [1.807, 2.05) is 0 Å². The molecule has 0 bridgehead atoms. The number of nitrogens with two attached hydrogens (primary N) is 2. The van der Waals surface area contributed by atoms with E-state index in [1.54, 1.807) is 13.8 Å². The second-order valence-electron chi connectivity index (χ2n) is 7.21. The lowest BCUT2D eigenvalue weighted by atomic mass is 10.1. The number of hydrogen-bond donors (Lipinski definition) is 7. The summed E-state index contributed by atoms with van der Waals surface area (Å²) < 4.78 is 5.24. The van der Waals surface area contributed by atoms with Crippen molar-refractivity contribution in [3.63, 3.8) is 0 Å². The molecule has 0 aliphatic rings. The minimum Gasteiger partial charge on any atom is -0.480 e. The van der Waals surface area contributed by atoms with Gasteiger partial charge in [-0.3, -0.25) is 4.79 Å². The van der Waals surface area contributed by atoms with E-state index in [9.17, 15) is 29.7 Å². The van der Waals surface area contributed by atoms with Crippen molar-refractivity contribution in [2.75, 3.05) is 19.6 Å². The van der Waals surface area contributed by atoms with E-state index in [-0.39, 0.29) is 32.4 Å². The summed E-state index contributed by atoms with van der Waals surface area (Å²) in [7, 11) is 0. The molecule has 0 aromatic heterocycles. The number of carboxylic acids is 2. The molecule has 0 saturated carbocycles.